The first-order valence-corrected chi connectivity index (χ1v) is 12.2. The van der Waals surface area contributed by atoms with E-state index in [0.717, 1.165) is 28.9 Å². The molecule has 11 nitrogen and oxygen atoms in total. The summed E-state index contributed by atoms with van der Waals surface area (Å²) in [6, 6.07) is 16.0. The van der Waals surface area contributed by atoms with Gasteiger partial charge in [0, 0.05) is 17.4 Å². The van der Waals surface area contributed by atoms with Crippen LogP contribution in [-0.2, 0) is 13.1 Å². The Labute approximate surface area is 216 Å². The molecule has 192 valence electrons. The lowest BCUT2D eigenvalue weighted by molar-refractivity contribution is 0.177. The SMILES string of the molecule is CCC(C)N(Cc1nc(N)nc(Nc2ccccc2C)n1)Cc1nc(N)nc(Nc2ccccc2C)n1. The summed E-state index contributed by atoms with van der Waals surface area (Å²) in [5.41, 5.74) is 16.0. The molecule has 0 saturated heterocycles. The van der Waals surface area contributed by atoms with Gasteiger partial charge in [0.25, 0.3) is 0 Å². The number of benzene rings is 2. The number of nitrogens with one attached hydrogen (secondary N) is 2. The maximum atomic E-state index is 6.03. The van der Waals surface area contributed by atoms with Gasteiger partial charge in [-0.1, -0.05) is 43.3 Å². The number of nitrogen functional groups attached to an aromatic ring is 2. The summed E-state index contributed by atoms with van der Waals surface area (Å²) in [5.74, 6) is 2.19. The second-order valence-corrected chi connectivity index (χ2v) is 8.91. The van der Waals surface area contributed by atoms with Crippen LogP contribution in [0.25, 0.3) is 0 Å². The number of nitrogens with two attached hydrogens (primary N) is 2. The normalized spacial score (nSPS) is 11.9. The Balaban J connectivity index is 1.55. The molecule has 0 radical (unpaired) electrons. The van der Waals surface area contributed by atoms with Gasteiger partial charge in [0.1, 0.15) is 11.6 Å². The average molecular weight is 500 g/mol. The number of anilines is 6. The van der Waals surface area contributed by atoms with Gasteiger partial charge in [0.2, 0.25) is 23.8 Å². The molecule has 4 aromatic rings. The Morgan fingerprint density at radius 3 is 1.54 bits per heavy atom. The van der Waals surface area contributed by atoms with E-state index < -0.39 is 0 Å². The fourth-order valence-electron chi connectivity index (χ4n) is 3.79. The van der Waals surface area contributed by atoms with Gasteiger partial charge in [-0.25, -0.2) is 0 Å². The van der Waals surface area contributed by atoms with Crippen molar-refractivity contribution in [2.75, 3.05) is 22.1 Å². The highest BCUT2D eigenvalue weighted by molar-refractivity contribution is 5.59. The molecule has 0 aliphatic rings. The van der Waals surface area contributed by atoms with Crippen LogP contribution in [-0.4, -0.2) is 40.8 Å². The first-order valence-electron chi connectivity index (χ1n) is 12.2. The van der Waals surface area contributed by atoms with Crippen LogP contribution in [0.4, 0.5) is 35.2 Å². The molecule has 6 N–H and O–H groups in total. The van der Waals surface area contributed by atoms with Crippen molar-refractivity contribution in [1.82, 2.24) is 34.8 Å². The van der Waals surface area contributed by atoms with Crippen LogP contribution >= 0.6 is 0 Å². The lowest BCUT2D eigenvalue weighted by Crippen LogP contribution is -2.33. The highest BCUT2D eigenvalue weighted by Gasteiger charge is 2.19. The maximum Gasteiger partial charge on any atom is 0.232 e. The van der Waals surface area contributed by atoms with Crippen LogP contribution in [0.2, 0.25) is 0 Å². The van der Waals surface area contributed by atoms with Crippen LogP contribution in [0.5, 0.6) is 0 Å². The Kier molecular flexibility index (Phi) is 8.04. The first-order chi connectivity index (χ1) is 17.8. The van der Waals surface area contributed by atoms with Crippen molar-refractivity contribution in [1.29, 1.82) is 0 Å². The van der Waals surface area contributed by atoms with Crippen molar-refractivity contribution >= 4 is 35.2 Å². The molecule has 1 atom stereocenters. The lowest BCUT2D eigenvalue weighted by Gasteiger charge is -2.27. The minimum absolute atomic E-state index is 0.152. The lowest BCUT2D eigenvalue weighted by atomic mass is 10.2. The second-order valence-electron chi connectivity index (χ2n) is 8.91. The zero-order chi connectivity index (χ0) is 26.4. The van der Waals surface area contributed by atoms with Gasteiger partial charge in [0.15, 0.2) is 0 Å². The molecule has 2 aromatic carbocycles. The van der Waals surface area contributed by atoms with E-state index in [0.29, 0.717) is 36.6 Å². The summed E-state index contributed by atoms with van der Waals surface area (Å²) in [7, 11) is 0. The Morgan fingerprint density at radius 1 is 0.703 bits per heavy atom. The van der Waals surface area contributed by atoms with Gasteiger partial charge in [0.05, 0.1) is 13.1 Å². The van der Waals surface area contributed by atoms with E-state index in [4.69, 9.17) is 11.5 Å². The van der Waals surface area contributed by atoms with Crippen molar-refractivity contribution in [3.63, 3.8) is 0 Å². The molecule has 37 heavy (non-hydrogen) atoms. The summed E-state index contributed by atoms with van der Waals surface area (Å²) in [5, 5.41) is 6.49. The number of hydrogen-bond donors (Lipinski definition) is 4. The van der Waals surface area contributed by atoms with E-state index in [1.165, 1.54) is 0 Å². The quantitative estimate of drug-likeness (QED) is 0.249. The standard InChI is InChI=1S/C26H33N11/c1-5-18(4)37(14-21-31-23(27)35-25(33-21)29-19-12-8-6-10-16(19)2)15-22-32-24(28)36-26(34-22)30-20-13-9-7-11-17(20)3/h6-13,18H,5,14-15H2,1-4H3,(H3,27,29,31,33,35)(H3,28,30,32,34,36). The molecule has 0 aliphatic carbocycles. The van der Waals surface area contributed by atoms with Gasteiger partial charge in [-0.15, -0.1) is 0 Å². The van der Waals surface area contributed by atoms with Gasteiger partial charge in [-0.05, 0) is 50.5 Å². The summed E-state index contributed by atoms with van der Waals surface area (Å²) in [6.45, 7) is 9.14. The molecule has 0 aliphatic heterocycles. The van der Waals surface area contributed by atoms with Crippen LogP contribution in [0.15, 0.2) is 48.5 Å². The fourth-order valence-corrected chi connectivity index (χ4v) is 3.79. The van der Waals surface area contributed by atoms with Crippen molar-refractivity contribution in [2.45, 2.75) is 53.2 Å². The third-order valence-electron chi connectivity index (χ3n) is 6.08. The van der Waals surface area contributed by atoms with Gasteiger partial charge >= 0.3 is 0 Å². The minimum Gasteiger partial charge on any atom is -0.368 e. The fraction of sp³-hybridized carbons (Fsp3) is 0.308. The van der Waals surface area contributed by atoms with E-state index in [2.05, 4.69) is 59.3 Å². The van der Waals surface area contributed by atoms with Crippen LogP contribution < -0.4 is 22.1 Å². The van der Waals surface area contributed by atoms with Crippen LogP contribution in [0.1, 0.15) is 43.0 Å². The van der Waals surface area contributed by atoms with Gasteiger partial charge in [-0.2, -0.15) is 29.9 Å². The van der Waals surface area contributed by atoms with Gasteiger partial charge in [-0.3, -0.25) is 4.90 Å². The smallest absolute Gasteiger partial charge is 0.232 e. The highest BCUT2D eigenvalue weighted by Crippen LogP contribution is 2.21. The predicted octanol–water partition coefficient (Wildman–Crippen LogP) is 4.13. The summed E-state index contributed by atoms with van der Waals surface area (Å²) < 4.78 is 0. The third kappa shape index (κ3) is 6.85. The second kappa shape index (κ2) is 11.6. The molecule has 4 rings (SSSR count). The minimum atomic E-state index is 0.152. The molecule has 2 heterocycles. The molecule has 0 saturated carbocycles. The topological polar surface area (TPSA) is 157 Å². The monoisotopic (exact) mass is 499 g/mol. The largest absolute Gasteiger partial charge is 0.368 e. The Hall–Kier alpha value is -4.38. The molecule has 2 aromatic heterocycles. The molecular formula is C26H33N11. The van der Waals surface area contributed by atoms with Crippen molar-refractivity contribution in [2.24, 2.45) is 0 Å². The Bertz CT molecular complexity index is 1260. The third-order valence-corrected chi connectivity index (χ3v) is 6.08. The average Bonchev–Trinajstić information content (AvgIpc) is 2.85. The molecule has 11 heteroatoms. The maximum absolute atomic E-state index is 6.03. The number of para-hydroxylation sites is 2. The molecule has 0 amide bonds. The van der Waals surface area contributed by atoms with Crippen molar-refractivity contribution in [3.8, 4) is 0 Å². The number of rotatable bonds is 10. The van der Waals surface area contributed by atoms with Crippen LogP contribution in [0, 0.1) is 13.8 Å². The van der Waals surface area contributed by atoms with E-state index in [9.17, 15) is 0 Å². The number of nitrogens with zero attached hydrogens (tertiary/aromatic N) is 7. The molecule has 0 spiro atoms. The number of hydrogen-bond acceptors (Lipinski definition) is 11. The van der Waals surface area contributed by atoms with E-state index in [-0.39, 0.29) is 17.9 Å². The zero-order valence-electron chi connectivity index (χ0n) is 21.6. The van der Waals surface area contributed by atoms with Crippen molar-refractivity contribution < 1.29 is 0 Å². The van der Waals surface area contributed by atoms with E-state index >= 15 is 0 Å². The Morgan fingerprint density at radius 2 is 1.14 bits per heavy atom. The molecule has 0 fully saturated rings. The summed E-state index contributed by atoms with van der Waals surface area (Å²) >= 11 is 0. The number of aromatic nitrogens is 6. The molecule has 0 bridgehead atoms. The summed E-state index contributed by atoms with van der Waals surface area (Å²) in [6.07, 6.45) is 0.907. The van der Waals surface area contributed by atoms with E-state index in [1.54, 1.807) is 0 Å². The zero-order valence-corrected chi connectivity index (χ0v) is 21.6. The van der Waals surface area contributed by atoms with E-state index in [1.807, 2.05) is 62.4 Å². The van der Waals surface area contributed by atoms with Crippen LogP contribution in [0.3, 0.4) is 0 Å². The van der Waals surface area contributed by atoms with Crippen molar-refractivity contribution in [3.05, 3.63) is 71.3 Å². The first kappa shape index (κ1) is 25.7. The highest BCUT2D eigenvalue weighted by atomic mass is 15.3. The summed E-state index contributed by atoms with van der Waals surface area (Å²) in [4.78, 5) is 28.7. The molecular weight excluding hydrogens is 466 g/mol. The number of aryl methyl sites for hydroxylation is 2. The predicted molar refractivity (Wildman–Crippen MR) is 146 cm³/mol. The van der Waals surface area contributed by atoms with Gasteiger partial charge < -0.3 is 22.1 Å². The molecule has 1 unspecified atom stereocenters.